The molecule has 1 fully saturated rings. The number of nitrogens with zero attached hydrogens (tertiary/aromatic N) is 3. The van der Waals surface area contributed by atoms with Gasteiger partial charge < -0.3 is 9.64 Å². The third-order valence-electron chi connectivity index (χ3n) is 3.56. The first-order valence-electron chi connectivity index (χ1n) is 6.89. The molecule has 0 bridgehead atoms. The van der Waals surface area contributed by atoms with Gasteiger partial charge >= 0.3 is 0 Å². The summed E-state index contributed by atoms with van der Waals surface area (Å²) in [6.07, 6.45) is 0.964. The third kappa shape index (κ3) is 2.36. The highest BCUT2D eigenvalue weighted by Gasteiger charge is 2.19. The number of para-hydroxylation sites is 1. The lowest BCUT2D eigenvalue weighted by Gasteiger charge is -2.28. The van der Waals surface area contributed by atoms with E-state index in [0.29, 0.717) is 4.77 Å². The van der Waals surface area contributed by atoms with Gasteiger partial charge in [-0.2, -0.15) is 0 Å². The molecule has 1 N–H and O–H groups in total. The molecular weight excluding hydrogens is 272 g/mol. The Kier molecular flexibility index (Phi) is 3.84. The predicted molar refractivity (Wildman–Crippen MR) is 81.2 cm³/mol. The molecule has 0 radical (unpaired) electrons. The first kappa shape index (κ1) is 13.3. The van der Waals surface area contributed by atoms with E-state index in [1.165, 1.54) is 5.56 Å². The number of anilines is 1. The number of rotatable bonds is 3. The monoisotopic (exact) mass is 290 g/mol. The maximum Gasteiger partial charge on any atom is 0.230 e. The number of aryl methyl sites for hydroxylation is 1. The van der Waals surface area contributed by atoms with E-state index in [1.54, 1.807) is 0 Å². The molecule has 5 nitrogen and oxygen atoms in total. The first-order valence-corrected chi connectivity index (χ1v) is 7.30. The average Bonchev–Trinajstić information content (AvgIpc) is 2.89. The maximum atomic E-state index is 5.42. The average molecular weight is 290 g/mol. The minimum absolute atomic E-state index is 0.632. The van der Waals surface area contributed by atoms with Crippen LogP contribution in [0.15, 0.2) is 24.3 Å². The fourth-order valence-corrected chi connectivity index (χ4v) is 2.73. The zero-order valence-corrected chi connectivity index (χ0v) is 12.3. The fourth-order valence-electron chi connectivity index (χ4n) is 2.51. The predicted octanol–water partition coefficient (Wildman–Crippen LogP) is 2.33. The van der Waals surface area contributed by atoms with Gasteiger partial charge in [0.2, 0.25) is 10.7 Å². The van der Waals surface area contributed by atoms with Gasteiger partial charge in [0.25, 0.3) is 0 Å². The molecule has 1 aliphatic heterocycles. The van der Waals surface area contributed by atoms with Crippen molar-refractivity contribution in [2.24, 2.45) is 0 Å². The van der Waals surface area contributed by atoms with Gasteiger partial charge in [0.1, 0.15) is 0 Å². The molecule has 0 amide bonds. The van der Waals surface area contributed by atoms with Gasteiger partial charge in [-0.1, -0.05) is 25.1 Å². The highest BCUT2D eigenvalue weighted by molar-refractivity contribution is 7.71. The number of nitrogens with one attached hydrogen (secondary N) is 1. The summed E-state index contributed by atoms with van der Waals surface area (Å²) in [5.41, 5.74) is 2.37. The molecule has 2 heterocycles. The van der Waals surface area contributed by atoms with E-state index in [1.807, 2.05) is 10.6 Å². The summed E-state index contributed by atoms with van der Waals surface area (Å²) >= 11 is 5.42. The normalized spacial score (nSPS) is 15.6. The minimum atomic E-state index is 0.632. The largest absolute Gasteiger partial charge is 0.378 e. The second-order valence-electron chi connectivity index (χ2n) is 4.75. The van der Waals surface area contributed by atoms with E-state index in [0.717, 1.165) is 44.4 Å². The standard InChI is InChI=1S/C14H18N4OS/c1-2-11-5-3-4-6-12(11)18-13(15-16-14(18)20)17-7-9-19-10-8-17/h3-6H,2,7-10H2,1H3,(H,16,20). The van der Waals surface area contributed by atoms with E-state index in [-0.39, 0.29) is 0 Å². The Morgan fingerprint density at radius 2 is 2.05 bits per heavy atom. The van der Waals surface area contributed by atoms with Crippen LogP contribution in [0, 0.1) is 4.77 Å². The van der Waals surface area contributed by atoms with Gasteiger partial charge in [-0.25, -0.2) is 5.10 Å². The lowest BCUT2D eigenvalue weighted by atomic mass is 10.1. The summed E-state index contributed by atoms with van der Waals surface area (Å²) in [5, 5.41) is 7.32. The lowest BCUT2D eigenvalue weighted by Crippen LogP contribution is -2.37. The zero-order chi connectivity index (χ0) is 13.9. The van der Waals surface area contributed by atoms with Gasteiger partial charge in [0, 0.05) is 13.1 Å². The van der Waals surface area contributed by atoms with E-state index < -0.39 is 0 Å². The minimum Gasteiger partial charge on any atom is -0.378 e. The van der Waals surface area contributed by atoms with Crippen molar-refractivity contribution in [1.82, 2.24) is 14.8 Å². The molecule has 0 atom stereocenters. The summed E-state index contributed by atoms with van der Waals surface area (Å²) in [5.74, 6) is 0.874. The van der Waals surface area contributed by atoms with Crippen LogP contribution in [-0.2, 0) is 11.2 Å². The molecular formula is C14H18N4OS. The molecule has 1 aromatic heterocycles. The summed E-state index contributed by atoms with van der Waals surface area (Å²) in [6.45, 7) is 5.29. The molecule has 106 valence electrons. The number of morpholine rings is 1. The second kappa shape index (κ2) is 5.76. The molecule has 0 saturated carbocycles. The number of aromatic amines is 1. The summed E-state index contributed by atoms with van der Waals surface area (Å²) in [6, 6.07) is 8.31. The van der Waals surface area contributed by atoms with Gasteiger partial charge in [0.15, 0.2) is 0 Å². The molecule has 6 heteroatoms. The Morgan fingerprint density at radius 3 is 2.80 bits per heavy atom. The fraction of sp³-hybridized carbons (Fsp3) is 0.429. The van der Waals surface area contributed by atoms with Crippen LogP contribution < -0.4 is 4.90 Å². The molecule has 1 aliphatic rings. The van der Waals surface area contributed by atoms with E-state index in [9.17, 15) is 0 Å². The van der Waals surface area contributed by atoms with Crippen LogP contribution in [0.5, 0.6) is 0 Å². The number of hydrogen-bond acceptors (Lipinski definition) is 4. The topological polar surface area (TPSA) is 46.1 Å². The maximum absolute atomic E-state index is 5.42. The van der Waals surface area contributed by atoms with Crippen molar-refractivity contribution in [3.63, 3.8) is 0 Å². The summed E-state index contributed by atoms with van der Waals surface area (Å²) < 4.78 is 8.06. The van der Waals surface area contributed by atoms with Crippen molar-refractivity contribution in [3.8, 4) is 5.69 Å². The van der Waals surface area contributed by atoms with Crippen molar-refractivity contribution in [1.29, 1.82) is 0 Å². The zero-order valence-electron chi connectivity index (χ0n) is 11.5. The highest BCUT2D eigenvalue weighted by atomic mass is 32.1. The van der Waals surface area contributed by atoms with Crippen LogP contribution in [0.1, 0.15) is 12.5 Å². The van der Waals surface area contributed by atoms with E-state index in [2.05, 4.69) is 40.2 Å². The number of hydrogen-bond donors (Lipinski definition) is 1. The second-order valence-corrected chi connectivity index (χ2v) is 5.13. The highest BCUT2D eigenvalue weighted by Crippen LogP contribution is 2.22. The first-order chi connectivity index (χ1) is 9.81. The summed E-state index contributed by atoms with van der Waals surface area (Å²) in [4.78, 5) is 2.21. The van der Waals surface area contributed by atoms with Crippen molar-refractivity contribution in [3.05, 3.63) is 34.6 Å². The number of H-pyrrole nitrogens is 1. The lowest BCUT2D eigenvalue weighted by molar-refractivity contribution is 0.122. The molecule has 0 spiro atoms. The molecule has 20 heavy (non-hydrogen) atoms. The number of aromatic nitrogens is 3. The molecule has 2 aromatic rings. The SMILES string of the molecule is CCc1ccccc1-n1c(N2CCOCC2)n[nH]c1=S. The van der Waals surface area contributed by atoms with Gasteiger partial charge in [-0.15, -0.1) is 5.10 Å². The van der Waals surface area contributed by atoms with Crippen molar-refractivity contribution in [2.45, 2.75) is 13.3 Å². The van der Waals surface area contributed by atoms with Crippen molar-refractivity contribution < 1.29 is 4.74 Å². The molecule has 0 aliphatic carbocycles. The van der Waals surface area contributed by atoms with Crippen LogP contribution in [-0.4, -0.2) is 41.1 Å². The third-order valence-corrected chi connectivity index (χ3v) is 3.84. The van der Waals surface area contributed by atoms with Crippen molar-refractivity contribution in [2.75, 3.05) is 31.2 Å². The van der Waals surface area contributed by atoms with E-state index >= 15 is 0 Å². The number of benzene rings is 1. The Labute approximate surface area is 123 Å². The quantitative estimate of drug-likeness (QED) is 0.881. The van der Waals surface area contributed by atoms with Gasteiger partial charge in [-0.05, 0) is 30.3 Å². The smallest absolute Gasteiger partial charge is 0.230 e. The molecule has 1 aromatic carbocycles. The van der Waals surface area contributed by atoms with Crippen molar-refractivity contribution >= 4 is 18.2 Å². The van der Waals surface area contributed by atoms with Crippen LogP contribution in [0.25, 0.3) is 5.69 Å². The van der Waals surface area contributed by atoms with Crippen LogP contribution in [0.2, 0.25) is 0 Å². The van der Waals surface area contributed by atoms with Crippen LogP contribution in [0.3, 0.4) is 0 Å². The molecule has 1 saturated heterocycles. The Balaban J connectivity index is 2.09. The van der Waals surface area contributed by atoms with E-state index in [4.69, 9.17) is 17.0 Å². The molecule has 0 unspecified atom stereocenters. The Hall–Kier alpha value is -1.66. The van der Waals surface area contributed by atoms with Crippen LogP contribution in [0.4, 0.5) is 5.95 Å². The number of ether oxygens (including phenoxy) is 1. The van der Waals surface area contributed by atoms with Crippen LogP contribution >= 0.6 is 12.2 Å². The van der Waals surface area contributed by atoms with Gasteiger partial charge in [0.05, 0.1) is 18.9 Å². The van der Waals surface area contributed by atoms with Gasteiger partial charge in [-0.3, -0.25) is 4.57 Å². The summed E-state index contributed by atoms with van der Waals surface area (Å²) in [7, 11) is 0. The molecule has 3 rings (SSSR count). The Bertz CT molecular complexity index is 643. The Morgan fingerprint density at radius 1 is 1.30 bits per heavy atom.